The maximum atomic E-state index is 9.55. The van der Waals surface area contributed by atoms with Crippen LogP contribution < -0.4 is 4.74 Å². The smallest absolute Gasteiger partial charge is 0.328 e. The van der Waals surface area contributed by atoms with E-state index in [1.165, 1.54) is 18.5 Å². The van der Waals surface area contributed by atoms with Gasteiger partial charge in [0.05, 0.1) is 23.0 Å². The third kappa shape index (κ3) is 7.53. The SMILES string of the molecule is CCCCCOc1cccn2c(Cc3nc(C)cs3)c(C)nc12.O=C(O)/C=C/C(=O)O. The standard InChI is InChI=1S/C18H23N3OS.C4H4O4/c1-4-5-6-10-22-16-8-7-9-21-15(14(3)20-18(16)21)11-17-19-13(2)12-23-17;5-3(6)1-2-4(7)8/h7-9,12H,4-6,10-11H2,1-3H3;1-2H,(H,5,6)(H,7,8)/b;2-1+. The Balaban J connectivity index is 0.000000366. The minimum atomic E-state index is -1.26. The van der Waals surface area contributed by atoms with E-state index in [2.05, 4.69) is 34.8 Å². The summed E-state index contributed by atoms with van der Waals surface area (Å²) in [7, 11) is 0. The Morgan fingerprint density at radius 1 is 1.16 bits per heavy atom. The maximum Gasteiger partial charge on any atom is 0.328 e. The fraction of sp³-hybridized carbons (Fsp3) is 0.364. The van der Waals surface area contributed by atoms with Crippen LogP contribution in [0.15, 0.2) is 35.9 Å². The van der Waals surface area contributed by atoms with Crippen LogP contribution in [-0.2, 0) is 16.0 Å². The number of aryl methyl sites for hydroxylation is 2. The number of aromatic nitrogens is 3. The van der Waals surface area contributed by atoms with E-state index in [0.29, 0.717) is 12.2 Å². The van der Waals surface area contributed by atoms with Crippen molar-refractivity contribution in [2.24, 2.45) is 0 Å². The van der Waals surface area contributed by atoms with Gasteiger partial charge in [-0.25, -0.2) is 19.6 Å². The molecule has 0 radical (unpaired) electrons. The molecule has 2 N–H and O–H groups in total. The summed E-state index contributed by atoms with van der Waals surface area (Å²) >= 11 is 1.71. The van der Waals surface area contributed by atoms with Crippen molar-refractivity contribution in [3.8, 4) is 5.75 Å². The molecule has 0 spiro atoms. The number of fused-ring (bicyclic) bond motifs is 1. The fourth-order valence-electron chi connectivity index (χ4n) is 2.83. The van der Waals surface area contributed by atoms with Gasteiger partial charge in [0, 0.05) is 35.8 Å². The molecule has 3 heterocycles. The minimum Gasteiger partial charge on any atom is -0.490 e. The van der Waals surface area contributed by atoms with Crippen LogP contribution in [0.5, 0.6) is 5.75 Å². The highest BCUT2D eigenvalue weighted by Gasteiger charge is 2.14. The summed E-state index contributed by atoms with van der Waals surface area (Å²) < 4.78 is 8.09. The molecule has 0 saturated heterocycles. The minimum absolute atomic E-state index is 0.558. The predicted molar refractivity (Wildman–Crippen MR) is 119 cm³/mol. The van der Waals surface area contributed by atoms with Crippen molar-refractivity contribution < 1.29 is 24.5 Å². The number of aliphatic carboxylic acids is 2. The Morgan fingerprint density at radius 3 is 2.45 bits per heavy atom. The molecule has 3 aromatic rings. The van der Waals surface area contributed by atoms with E-state index in [-0.39, 0.29) is 0 Å². The van der Waals surface area contributed by atoms with Crippen molar-refractivity contribution in [3.05, 3.63) is 58.0 Å². The van der Waals surface area contributed by atoms with Crippen LogP contribution in [0.1, 0.15) is 48.3 Å². The summed E-state index contributed by atoms with van der Waals surface area (Å²) in [4.78, 5) is 28.4. The van der Waals surface area contributed by atoms with Gasteiger partial charge in [-0.3, -0.25) is 0 Å². The summed E-state index contributed by atoms with van der Waals surface area (Å²) in [6, 6.07) is 4.03. The normalized spacial score (nSPS) is 10.8. The second-order valence-corrected chi connectivity index (χ2v) is 7.78. The van der Waals surface area contributed by atoms with Gasteiger partial charge in [0.15, 0.2) is 11.4 Å². The molecule has 8 nitrogen and oxygen atoms in total. The highest BCUT2D eigenvalue weighted by atomic mass is 32.1. The van der Waals surface area contributed by atoms with Crippen LogP contribution in [-0.4, -0.2) is 43.1 Å². The number of pyridine rings is 1. The van der Waals surface area contributed by atoms with Crippen LogP contribution in [0, 0.1) is 13.8 Å². The Kier molecular flexibility index (Phi) is 9.20. The zero-order valence-corrected chi connectivity index (χ0v) is 18.7. The number of carboxylic acids is 2. The van der Waals surface area contributed by atoms with Crippen molar-refractivity contribution in [1.82, 2.24) is 14.4 Å². The molecule has 0 aliphatic heterocycles. The van der Waals surface area contributed by atoms with Gasteiger partial charge >= 0.3 is 11.9 Å². The van der Waals surface area contributed by atoms with E-state index >= 15 is 0 Å². The summed E-state index contributed by atoms with van der Waals surface area (Å²) in [5.74, 6) is -1.65. The number of hydrogen-bond donors (Lipinski definition) is 2. The number of ether oxygens (including phenoxy) is 1. The number of carboxylic acid groups (broad SMARTS) is 2. The summed E-state index contributed by atoms with van der Waals surface area (Å²) in [6.45, 7) is 7.04. The monoisotopic (exact) mass is 445 g/mol. The van der Waals surface area contributed by atoms with E-state index in [1.54, 1.807) is 11.3 Å². The number of thiazole rings is 1. The van der Waals surface area contributed by atoms with Crippen LogP contribution in [0.3, 0.4) is 0 Å². The van der Waals surface area contributed by atoms with Gasteiger partial charge in [-0.2, -0.15) is 0 Å². The Bertz CT molecular complexity index is 1040. The first-order valence-corrected chi connectivity index (χ1v) is 10.8. The third-order valence-corrected chi connectivity index (χ3v) is 5.24. The average molecular weight is 446 g/mol. The van der Waals surface area contributed by atoms with Gasteiger partial charge in [0.1, 0.15) is 0 Å². The first-order chi connectivity index (χ1) is 14.8. The van der Waals surface area contributed by atoms with Gasteiger partial charge in [-0.15, -0.1) is 11.3 Å². The summed E-state index contributed by atoms with van der Waals surface area (Å²) in [6.07, 6.45) is 7.47. The first-order valence-electron chi connectivity index (χ1n) is 9.96. The molecule has 0 unspecified atom stereocenters. The average Bonchev–Trinajstić information content (AvgIpc) is 3.28. The fourth-order valence-corrected chi connectivity index (χ4v) is 3.61. The summed E-state index contributed by atoms with van der Waals surface area (Å²) in [5, 5.41) is 18.8. The molecule has 0 aliphatic carbocycles. The highest BCUT2D eigenvalue weighted by Crippen LogP contribution is 2.24. The zero-order chi connectivity index (χ0) is 22.8. The van der Waals surface area contributed by atoms with Crippen molar-refractivity contribution in [2.75, 3.05) is 6.61 Å². The van der Waals surface area contributed by atoms with Crippen LogP contribution in [0.25, 0.3) is 5.65 Å². The quantitative estimate of drug-likeness (QED) is 0.373. The molecule has 3 aromatic heterocycles. The van der Waals surface area contributed by atoms with Gasteiger partial charge < -0.3 is 19.4 Å². The molecule has 0 aliphatic rings. The largest absolute Gasteiger partial charge is 0.490 e. The molecule has 0 bridgehead atoms. The topological polar surface area (TPSA) is 114 Å². The van der Waals surface area contributed by atoms with Gasteiger partial charge in [-0.05, 0) is 32.4 Å². The molecule has 0 fully saturated rings. The number of unbranched alkanes of at least 4 members (excludes halogenated alkanes) is 2. The molecule has 0 aromatic carbocycles. The second-order valence-electron chi connectivity index (χ2n) is 6.83. The number of nitrogens with zero attached hydrogens (tertiary/aromatic N) is 3. The lowest BCUT2D eigenvalue weighted by Crippen LogP contribution is -2.00. The molecule has 9 heteroatoms. The van der Waals surface area contributed by atoms with E-state index in [9.17, 15) is 9.59 Å². The Hall–Kier alpha value is -3.20. The molecule has 3 rings (SSSR count). The molecular formula is C22H27N3O5S. The van der Waals surface area contributed by atoms with Crippen LogP contribution in [0.4, 0.5) is 0 Å². The lowest BCUT2D eigenvalue weighted by Gasteiger charge is -2.07. The van der Waals surface area contributed by atoms with E-state index in [1.807, 2.05) is 19.1 Å². The zero-order valence-electron chi connectivity index (χ0n) is 17.9. The molecular weight excluding hydrogens is 418 g/mol. The van der Waals surface area contributed by atoms with Crippen molar-refractivity contribution in [3.63, 3.8) is 0 Å². The molecule has 0 atom stereocenters. The summed E-state index contributed by atoms with van der Waals surface area (Å²) in [5.41, 5.74) is 4.22. The van der Waals surface area contributed by atoms with E-state index in [4.69, 9.17) is 19.9 Å². The van der Waals surface area contributed by atoms with Gasteiger partial charge in [0.2, 0.25) is 0 Å². The van der Waals surface area contributed by atoms with Gasteiger partial charge in [-0.1, -0.05) is 19.8 Å². The third-order valence-electron chi connectivity index (χ3n) is 4.27. The van der Waals surface area contributed by atoms with E-state index < -0.39 is 11.9 Å². The number of rotatable bonds is 9. The van der Waals surface area contributed by atoms with Crippen molar-refractivity contribution in [2.45, 2.75) is 46.5 Å². The van der Waals surface area contributed by atoms with Gasteiger partial charge in [0.25, 0.3) is 0 Å². The lowest BCUT2D eigenvalue weighted by molar-refractivity contribution is -0.134. The molecule has 166 valence electrons. The molecule has 0 saturated carbocycles. The first kappa shape index (κ1) is 24.1. The molecule has 0 amide bonds. The predicted octanol–water partition coefficient (Wildman–Crippen LogP) is 4.28. The lowest BCUT2D eigenvalue weighted by atomic mass is 10.2. The van der Waals surface area contributed by atoms with Crippen molar-refractivity contribution in [1.29, 1.82) is 0 Å². The van der Waals surface area contributed by atoms with E-state index in [0.717, 1.165) is 47.2 Å². The number of imidazole rings is 1. The molecule has 31 heavy (non-hydrogen) atoms. The second kappa shape index (κ2) is 11.8. The van der Waals surface area contributed by atoms with Crippen molar-refractivity contribution >= 4 is 28.9 Å². The Labute approximate surface area is 184 Å². The number of hydrogen-bond acceptors (Lipinski definition) is 6. The number of carbonyl (C=O) groups is 2. The highest BCUT2D eigenvalue weighted by molar-refractivity contribution is 7.09. The Morgan fingerprint density at radius 2 is 1.87 bits per heavy atom. The van der Waals surface area contributed by atoms with Crippen LogP contribution >= 0.6 is 11.3 Å². The van der Waals surface area contributed by atoms with Crippen LogP contribution in [0.2, 0.25) is 0 Å². The maximum absolute atomic E-state index is 9.55.